The lowest BCUT2D eigenvalue weighted by atomic mass is 10.1. The molecule has 7 heteroatoms. The second-order valence-electron chi connectivity index (χ2n) is 6.91. The van der Waals surface area contributed by atoms with Crippen LogP contribution in [0.15, 0.2) is 0 Å². The molecule has 0 spiro atoms. The van der Waals surface area contributed by atoms with E-state index in [-0.39, 0.29) is 18.4 Å². The first-order valence-corrected chi connectivity index (χ1v) is 9.99. The third kappa shape index (κ3) is 3.45. The molecule has 0 radical (unpaired) electrons. The maximum absolute atomic E-state index is 12.9. The van der Waals surface area contributed by atoms with Crippen LogP contribution in [0.25, 0.3) is 10.2 Å². The number of aromatic nitrogens is 2. The number of amides is 2. The van der Waals surface area contributed by atoms with Crippen molar-refractivity contribution in [3.63, 3.8) is 0 Å². The number of carbonyl (C=O) groups is 2. The number of rotatable bonds is 6. The Morgan fingerprint density at radius 2 is 1.81 bits per heavy atom. The smallest absolute Gasteiger partial charge is 0.264 e. The molecule has 1 aliphatic carbocycles. The van der Waals surface area contributed by atoms with E-state index < -0.39 is 0 Å². The molecule has 1 saturated carbocycles. The second-order valence-corrected chi connectivity index (χ2v) is 7.90. The topological polar surface area (TPSA) is 66.4 Å². The van der Waals surface area contributed by atoms with Crippen LogP contribution in [-0.2, 0) is 4.79 Å². The Bertz CT molecular complexity index is 853. The average Bonchev–Trinajstić information content (AvgIpc) is 3.39. The van der Waals surface area contributed by atoms with Crippen molar-refractivity contribution in [3.05, 3.63) is 22.0 Å². The summed E-state index contributed by atoms with van der Waals surface area (Å²) >= 11 is 1.41. The van der Waals surface area contributed by atoms with Crippen LogP contribution in [0.2, 0.25) is 0 Å². The van der Waals surface area contributed by atoms with E-state index in [1.807, 2.05) is 27.7 Å². The van der Waals surface area contributed by atoms with E-state index in [1.165, 1.54) is 16.2 Å². The maximum atomic E-state index is 12.9. The molecule has 3 rings (SSSR count). The molecule has 1 fully saturated rings. The first-order valence-electron chi connectivity index (χ1n) is 9.18. The lowest BCUT2D eigenvalue weighted by Crippen LogP contribution is -2.40. The van der Waals surface area contributed by atoms with Crippen LogP contribution in [0.4, 0.5) is 0 Å². The Labute approximate surface area is 158 Å². The number of hydrogen-bond acceptors (Lipinski definition) is 5. The summed E-state index contributed by atoms with van der Waals surface area (Å²) in [4.78, 5) is 39.3. The van der Waals surface area contributed by atoms with Crippen molar-refractivity contribution in [3.8, 4) is 0 Å². The summed E-state index contributed by atoms with van der Waals surface area (Å²) < 4.78 is 0. The van der Waals surface area contributed by atoms with Crippen LogP contribution >= 0.6 is 11.3 Å². The zero-order valence-corrected chi connectivity index (χ0v) is 16.9. The van der Waals surface area contributed by atoms with E-state index in [1.54, 1.807) is 11.9 Å². The molecule has 6 nitrogen and oxygen atoms in total. The highest BCUT2D eigenvalue weighted by atomic mass is 32.1. The van der Waals surface area contributed by atoms with E-state index >= 15 is 0 Å². The van der Waals surface area contributed by atoms with Gasteiger partial charge in [-0.25, -0.2) is 9.97 Å². The van der Waals surface area contributed by atoms with Gasteiger partial charge in [0.1, 0.15) is 10.7 Å². The van der Waals surface area contributed by atoms with Crippen LogP contribution < -0.4 is 0 Å². The third-order valence-corrected chi connectivity index (χ3v) is 6.13. The van der Waals surface area contributed by atoms with Gasteiger partial charge in [0.2, 0.25) is 5.91 Å². The van der Waals surface area contributed by atoms with Crippen molar-refractivity contribution in [1.29, 1.82) is 0 Å². The fraction of sp³-hybridized carbons (Fsp3) is 0.579. The molecule has 0 bridgehead atoms. The summed E-state index contributed by atoms with van der Waals surface area (Å²) in [5.74, 6) is 1.23. The molecule has 1 aliphatic rings. The predicted octanol–water partition coefficient (Wildman–Crippen LogP) is 3.13. The minimum absolute atomic E-state index is 0.0309. The van der Waals surface area contributed by atoms with Crippen molar-refractivity contribution in [1.82, 2.24) is 19.8 Å². The van der Waals surface area contributed by atoms with Crippen molar-refractivity contribution in [2.45, 2.75) is 46.5 Å². The number of fused-ring (bicyclic) bond motifs is 1. The zero-order chi connectivity index (χ0) is 19.0. The molecule has 26 heavy (non-hydrogen) atoms. The SMILES string of the molecule is CCN(CC)C(=O)CN(C)C(=O)c1sc2nc(C3CC3)nc(C)c2c1C. The van der Waals surface area contributed by atoms with Gasteiger partial charge in [-0.3, -0.25) is 9.59 Å². The van der Waals surface area contributed by atoms with Gasteiger partial charge in [0.15, 0.2) is 0 Å². The minimum Gasteiger partial charge on any atom is -0.342 e. The highest BCUT2D eigenvalue weighted by molar-refractivity contribution is 7.20. The summed E-state index contributed by atoms with van der Waals surface area (Å²) in [6, 6.07) is 0. The van der Waals surface area contributed by atoms with Gasteiger partial charge in [0.25, 0.3) is 5.91 Å². The predicted molar refractivity (Wildman–Crippen MR) is 104 cm³/mol. The standard InChI is InChI=1S/C19H26N4O2S/c1-6-23(7-2)14(24)10-22(5)19(25)16-11(3)15-12(4)20-17(13-8-9-13)21-18(15)26-16/h13H,6-10H2,1-5H3. The van der Waals surface area contributed by atoms with E-state index in [2.05, 4.69) is 4.98 Å². The Balaban J connectivity index is 1.87. The molecule has 0 unspecified atom stereocenters. The van der Waals surface area contributed by atoms with Crippen LogP contribution in [-0.4, -0.2) is 58.3 Å². The monoisotopic (exact) mass is 374 g/mol. The van der Waals surface area contributed by atoms with Gasteiger partial charge in [-0.1, -0.05) is 0 Å². The van der Waals surface area contributed by atoms with Gasteiger partial charge in [0.05, 0.1) is 17.1 Å². The molecule has 2 heterocycles. The molecule has 0 aromatic carbocycles. The minimum atomic E-state index is -0.127. The molecule has 0 aliphatic heterocycles. The number of likely N-dealkylation sites (N-methyl/N-ethyl adjacent to an activating group) is 2. The van der Waals surface area contributed by atoms with Crippen LogP contribution in [0.1, 0.15) is 59.4 Å². The Hall–Kier alpha value is -2.02. The summed E-state index contributed by atoms with van der Waals surface area (Å²) in [5.41, 5.74) is 1.85. The van der Waals surface area contributed by atoms with Gasteiger partial charge in [-0.2, -0.15) is 0 Å². The van der Waals surface area contributed by atoms with Gasteiger partial charge < -0.3 is 9.80 Å². The first kappa shape index (κ1) is 18.8. The third-order valence-electron chi connectivity index (χ3n) is 4.96. The highest BCUT2D eigenvalue weighted by Gasteiger charge is 2.29. The molecule has 0 N–H and O–H groups in total. The number of hydrogen-bond donors (Lipinski definition) is 0. The van der Waals surface area contributed by atoms with Gasteiger partial charge in [-0.15, -0.1) is 11.3 Å². The number of thiophene rings is 1. The lowest BCUT2D eigenvalue weighted by Gasteiger charge is -2.23. The number of carbonyl (C=O) groups excluding carboxylic acids is 2. The molecule has 2 aromatic rings. The van der Waals surface area contributed by atoms with Gasteiger partial charge in [0, 0.05) is 31.4 Å². The van der Waals surface area contributed by atoms with E-state index in [4.69, 9.17) is 4.98 Å². The van der Waals surface area contributed by atoms with Crippen LogP contribution in [0.3, 0.4) is 0 Å². The Kier molecular flexibility index (Phi) is 5.27. The van der Waals surface area contributed by atoms with Crippen molar-refractivity contribution in [2.75, 3.05) is 26.7 Å². The van der Waals surface area contributed by atoms with E-state index in [0.717, 1.165) is 40.1 Å². The van der Waals surface area contributed by atoms with Gasteiger partial charge in [-0.05, 0) is 46.1 Å². The molecular weight excluding hydrogens is 348 g/mol. The molecular formula is C19H26N4O2S. The molecule has 2 amide bonds. The summed E-state index contributed by atoms with van der Waals surface area (Å²) in [7, 11) is 1.68. The zero-order valence-electron chi connectivity index (χ0n) is 16.1. The van der Waals surface area contributed by atoms with Crippen LogP contribution in [0, 0.1) is 13.8 Å². The van der Waals surface area contributed by atoms with E-state index in [0.29, 0.717) is 23.9 Å². The maximum Gasteiger partial charge on any atom is 0.264 e. The summed E-state index contributed by atoms with van der Waals surface area (Å²) in [6.07, 6.45) is 2.30. The Morgan fingerprint density at radius 3 is 2.38 bits per heavy atom. The van der Waals surface area contributed by atoms with Crippen molar-refractivity contribution in [2.24, 2.45) is 0 Å². The van der Waals surface area contributed by atoms with E-state index in [9.17, 15) is 9.59 Å². The van der Waals surface area contributed by atoms with Crippen LogP contribution in [0.5, 0.6) is 0 Å². The quantitative estimate of drug-likeness (QED) is 0.779. The second kappa shape index (κ2) is 7.31. The first-order chi connectivity index (χ1) is 12.4. The van der Waals surface area contributed by atoms with Gasteiger partial charge >= 0.3 is 0 Å². The number of aryl methyl sites for hydroxylation is 2. The summed E-state index contributed by atoms with van der Waals surface area (Å²) in [6.45, 7) is 9.20. The molecule has 2 aromatic heterocycles. The Morgan fingerprint density at radius 1 is 1.15 bits per heavy atom. The fourth-order valence-corrected chi connectivity index (χ4v) is 4.45. The highest BCUT2D eigenvalue weighted by Crippen LogP contribution is 2.40. The summed E-state index contributed by atoms with van der Waals surface area (Å²) in [5, 5.41) is 0.978. The van der Waals surface area contributed by atoms with Crippen molar-refractivity contribution < 1.29 is 9.59 Å². The molecule has 0 saturated heterocycles. The fourth-order valence-electron chi connectivity index (χ4n) is 3.21. The molecule has 140 valence electrons. The average molecular weight is 375 g/mol. The normalized spacial score (nSPS) is 13.9. The lowest BCUT2D eigenvalue weighted by molar-refractivity contribution is -0.131. The van der Waals surface area contributed by atoms with Crippen molar-refractivity contribution >= 4 is 33.4 Å². The molecule has 0 atom stereocenters. The number of nitrogens with zero attached hydrogens (tertiary/aromatic N) is 4. The largest absolute Gasteiger partial charge is 0.342 e.